The molecule has 5 nitrogen and oxygen atoms in total. The molecule has 4 aromatic rings. The highest BCUT2D eigenvalue weighted by molar-refractivity contribution is 5.95. The second-order valence-corrected chi connectivity index (χ2v) is 8.32. The maximum absolute atomic E-state index is 15.7. The van der Waals surface area contributed by atoms with Crippen molar-refractivity contribution in [2.45, 2.75) is 33.2 Å². The van der Waals surface area contributed by atoms with E-state index in [4.69, 9.17) is 9.72 Å². The van der Waals surface area contributed by atoms with Gasteiger partial charge >= 0.3 is 0 Å². The maximum Gasteiger partial charge on any atom is 0.261 e. The Morgan fingerprint density at radius 2 is 1.82 bits per heavy atom. The summed E-state index contributed by atoms with van der Waals surface area (Å²) >= 11 is 0. The van der Waals surface area contributed by atoms with Crippen LogP contribution in [0.25, 0.3) is 10.9 Å². The second-order valence-electron chi connectivity index (χ2n) is 8.32. The summed E-state index contributed by atoms with van der Waals surface area (Å²) < 4.78 is 21.6. The molecule has 0 spiro atoms. The van der Waals surface area contributed by atoms with Gasteiger partial charge < -0.3 is 9.64 Å². The minimum atomic E-state index is 0.00464. The van der Waals surface area contributed by atoms with Crippen LogP contribution in [0.2, 0.25) is 0 Å². The van der Waals surface area contributed by atoms with E-state index in [9.17, 15) is 0 Å². The van der Waals surface area contributed by atoms with Crippen LogP contribution in [0.15, 0.2) is 66.7 Å². The summed E-state index contributed by atoms with van der Waals surface area (Å²) in [6.45, 7) is 7.27. The molecule has 33 heavy (non-hydrogen) atoms. The lowest BCUT2D eigenvalue weighted by Crippen LogP contribution is -2.35. The molecule has 5 rings (SSSR count). The molecule has 1 unspecified atom stereocenters. The van der Waals surface area contributed by atoms with Gasteiger partial charge in [0.1, 0.15) is 17.1 Å². The number of benzene rings is 3. The highest BCUT2D eigenvalue weighted by Crippen LogP contribution is 2.39. The number of para-hydroxylation sites is 2. The van der Waals surface area contributed by atoms with Crippen molar-refractivity contribution in [2.24, 2.45) is 0 Å². The standard InChI is InChI=1S/C27H27FN4O/c1-4-33-24-15-9-13-22-25(24)29-27(32(28)23-14-8-5-10-18(23)2)30-26(22)31-17-16-20-11-6-7-12-21(20)19(31)3/h5-15,19H,4,16-17H2,1-3H3. The van der Waals surface area contributed by atoms with Gasteiger partial charge in [-0.3, -0.25) is 0 Å². The number of anilines is 3. The van der Waals surface area contributed by atoms with Gasteiger partial charge in [-0.1, -0.05) is 53.0 Å². The van der Waals surface area contributed by atoms with Crippen LogP contribution in [0.5, 0.6) is 5.75 Å². The molecule has 0 N–H and O–H groups in total. The number of hydrogen-bond acceptors (Lipinski definition) is 5. The fourth-order valence-electron chi connectivity index (χ4n) is 4.63. The van der Waals surface area contributed by atoms with Gasteiger partial charge in [-0.15, -0.1) is 5.12 Å². The Balaban J connectivity index is 1.69. The summed E-state index contributed by atoms with van der Waals surface area (Å²) in [6, 6.07) is 21.7. The second kappa shape index (κ2) is 8.70. The molecule has 1 aromatic heterocycles. The molecule has 0 bridgehead atoms. The van der Waals surface area contributed by atoms with Gasteiger partial charge in [-0.2, -0.15) is 4.98 Å². The largest absolute Gasteiger partial charge is 0.492 e. The summed E-state index contributed by atoms with van der Waals surface area (Å²) in [5, 5.41) is 1.43. The van der Waals surface area contributed by atoms with Crippen molar-refractivity contribution in [3.8, 4) is 5.75 Å². The van der Waals surface area contributed by atoms with E-state index in [0.717, 1.165) is 29.7 Å². The number of nitrogens with zero attached hydrogens (tertiary/aromatic N) is 4. The van der Waals surface area contributed by atoms with Crippen LogP contribution < -0.4 is 14.8 Å². The van der Waals surface area contributed by atoms with Gasteiger partial charge in [-0.25, -0.2) is 4.98 Å². The average molecular weight is 443 g/mol. The Bertz CT molecular complexity index is 1310. The first kappa shape index (κ1) is 21.2. The molecule has 3 aromatic carbocycles. The maximum atomic E-state index is 15.7. The lowest BCUT2D eigenvalue weighted by atomic mass is 9.93. The minimum Gasteiger partial charge on any atom is -0.492 e. The molecule has 1 aliphatic rings. The van der Waals surface area contributed by atoms with Gasteiger partial charge in [0, 0.05) is 11.9 Å². The molecular formula is C27H27FN4O. The van der Waals surface area contributed by atoms with Gasteiger partial charge in [0.05, 0.1) is 18.3 Å². The zero-order valence-electron chi connectivity index (χ0n) is 19.1. The number of rotatable bonds is 5. The van der Waals surface area contributed by atoms with Crippen LogP contribution in [-0.4, -0.2) is 23.1 Å². The van der Waals surface area contributed by atoms with Gasteiger partial charge in [0.25, 0.3) is 5.95 Å². The smallest absolute Gasteiger partial charge is 0.261 e. The number of hydrogen-bond donors (Lipinski definition) is 0. The van der Waals surface area contributed by atoms with Crippen molar-refractivity contribution in [2.75, 3.05) is 23.2 Å². The van der Waals surface area contributed by atoms with E-state index in [1.807, 2.05) is 50.2 Å². The van der Waals surface area contributed by atoms with Gasteiger partial charge in [0.2, 0.25) is 0 Å². The Labute approximate surface area is 193 Å². The third-order valence-electron chi connectivity index (χ3n) is 6.33. The van der Waals surface area contributed by atoms with E-state index >= 15 is 4.48 Å². The van der Waals surface area contributed by atoms with E-state index in [1.54, 1.807) is 6.07 Å². The molecule has 168 valence electrons. The van der Waals surface area contributed by atoms with E-state index < -0.39 is 0 Å². The average Bonchev–Trinajstić information content (AvgIpc) is 2.84. The van der Waals surface area contributed by atoms with Gasteiger partial charge in [0.15, 0.2) is 0 Å². The van der Waals surface area contributed by atoms with Crippen LogP contribution >= 0.6 is 0 Å². The normalized spacial score (nSPS) is 15.4. The van der Waals surface area contributed by atoms with Crippen molar-refractivity contribution in [1.29, 1.82) is 0 Å². The number of fused-ring (bicyclic) bond motifs is 2. The minimum absolute atomic E-state index is 0.00464. The van der Waals surface area contributed by atoms with Crippen LogP contribution in [0.4, 0.5) is 21.9 Å². The van der Waals surface area contributed by atoms with Crippen molar-refractivity contribution in [1.82, 2.24) is 9.97 Å². The van der Waals surface area contributed by atoms with E-state index in [2.05, 4.69) is 41.1 Å². The summed E-state index contributed by atoms with van der Waals surface area (Å²) in [5.74, 6) is 1.35. The summed E-state index contributed by atoms with van der Waals surface area (Å²) in [6.07, 6.45) is 0.906. The predicted octanol–water partition coefficient (Wildman–Crippen LogP) is 6.48. The van der Waals surface area contributed by atoms with Crippen molar-refractivity contribution in [3.05, 3.63) is 83.4 Å². The monoisotopic (exact) mass is 442 g/mol. The van der Waals surface area contributed by atoms with Gasteiger partial charge in [-0.05, 0) is 62.1 Å². The Morgan fingerprint density at radius 1 is 1.03 bits per heavy atom. The van der Waals surface area contributed by atoms with Crippen LogP contribution in [0.1, 0.15) is 36.6 Å². The molecule has 1 aliphatic heterocycles. The van der Waals surface area contributed by atoms with Crippen molar-refractivity contribution in [3.63, 3.8) is 0 Å². The number of ether oxygens (including phenoxy) is 1. The quantitative estimate of drug-likeness (QED) is 0.331. The molecule has 0 saturated heterocycles. The van der Waals surface area contributed by atoms with E-state index in [0.29, 0.717) is 28.7 Å². The first-order chi connectivity index (χ1) is 16.1. The molecule has 2 heterocycles. The van der Waals surface area contributed by atoms with Crippen LogP contribution in [-0.2, 0) is 6.42 Å². The molecule has 6 heteroatoms. The van der Waals surface area contributed by atoms with Crippen molar-refractivity contribution < 1.29 is 9.22 Å². The summed E-state index contributed by atoms with van der Waals surface area (Å²) in [7, 11) is 0. The highest BCUT2D eigenvalue weighted by atomic mass is 19.2. The molecule has 0 fully saturated rings. The Kier molecular flexibility index (Phi) is 5.58. The Hall–Kier alpha value is -3.67. The summed E-state index contributed by atoms with van der Waals surface area (Å²) in [5.41, 5.74) is 4.47. The zero-order valence-corrected chi connectivity index (χ0v) is 19.1. The third kappa shape index (κ3) is 3.75. The SMILES string of the molecule is CCOc1cccc2c(N3CCc4ccccc4C3C)nc(N(F)c3ccccc3C)nc12. The fourth-order valence-corrected chi connectivity index (χ4v) is 4.63. The molecule has 0 radical (unpaired) electrons. The third-order valence-corrected chi connectivity index (χ3v) is 6.33. The zero-order chi connectivity index (χ0) is 22.9. The Morgan fingerprint density at radius 3 is 2.64 bits per heavy atom. The highest BCUT2D eigenvalue weighted by Gasteiger charge is 2.28. The van der Waals surface area contributed by atoms with Crippen LogP contribution in [0.3, 0.4) is 0 Å². The lowest BCUT2D eigenvalue weighted by molar-refractivity contribution is 0.343. The molecule has 0 saturated carbocycles. The van der Waals surface area contributed by atoms with Crippen LogP contribution in [0, 0.1) is 6.92 Å². The summed E-state index contributed by atoms with van der Waals surface area (Å²) in [4.78, 5) is 11.6. The predicted molar refractivity (Wildman–Crippen MR) is 131 cm³/mol. The van der Waals surface area contributed by atoms with E-state index in [-0.39, 0.29) is 12.0 Å². The molecular weight excluding hydrogens is 415 g/mol. The topological polar surface area (TPSA) is 41.5 Å². The van der Waals surface area contributed by atoms with E-state index in [1.165, 1.54) is 11.1 Å². The van der Waals surface area contributed by atoms with Crippen molar-refractivity contribution >= 4 is 28.4 Å². The first-order valence-electron chi connectivity index (χ1n) is 11.4. The fraction of sp³-hybridized carbons (Fsp3) is 0.259. The number of aromatic nitrogens is 2. The number of halogens is 1. The molecule has 0 aliphatic carbocycles. The molecule has 1 atom stereocenters. The lowest BCUT2D eigenvalue weighted by Gasteiger charge is -2.37. The molecule has 0 amide bonds. The number of aryl methyl sites for hydroxylation is 1. The first-order valence-corrected chi connectivity index (χ1v) is 11.4.